The van der Waals surface area contributed by atoms with Crippen LogP contribution in [0.4, 0.5) is 0 Å². The molecule has 1 N–H and O–H groups in total. The minimum atomic E-state index is 0.666. The Kier molecular flexibility index (Phi) is 0.762. The fourth-order valence-electron chi connectivity index (χ4n) is 1.71. The summed E-state index contributed by atoms with van der Waals surface area (Å²) in [5.41, 5.74) is 0.666. The van der Waals surface area contributed by atoms with Crippen LogP contribution in [-0.2, 0) is 0 Å². The molecule has 0 aromatic rings. The molecule has 1 heteroatoms. The predicted octanol–water partition coefficient (Wildman–Crippen LogP) is 1.29. The third kappa shape index (κ3) is 0.576. The lowest BCUT2D eigenvalue weighted by molar-refractivity contribution is 0.552. The van der Waals surface area contributed by atoms with Gasteiger partial charge in [-0.15, -0.1) is 0 Å². The normalized spacial score (nSPS) is 40.9. The molecule has 2 fully saturated rings. The Labute approximate surface area is 50.5 Å². The maximum Gasteiger partial charge on any atom is 0.0186 e. The topological polar surface area (TPSA) is 12.0 Å². The van der Waals surface area contributed by atoms with E-state index in [0.717, 1.165) is 6.04 Å². The first kappa shape index (κ1) is 4.80. The molecule has 1 saturated carbocycles. The van der Waals surface area contributed by atoms with Crippen molar-refractivity contribution in [1.82, 2.24) is 5.32 Å². The van der Waals surface area contributed by atoms with Gasteiger partial charge in [-0.1, -0.05) is 0 Å². The van der Waals surface area contributed by atoms with E-state index in [1.165, 1.54) is 25.7 Å². The van der Waals surface area contributed by atoms with Crippen LogP contribution in [0.25, 0.3) is 0 Å². The monoisotopic (exact) mass is 111 g/mol. The highest BCUT2D eigenvalue weighted by atomic mass is 15.1. The molecule has 0 bridgehead atoms. The van der Waals surface area contributed by atoms with Crippen LogP contribution in [0.5, 0.6) is 0 Å². The quantitative estimate of drug-likeness (QED) is 0.496. The fraction of sp³-hybridized carbons (Fsp3) is 1.00. The summed E-state index contributed by atoms with van der Waals surface area (Å²) >= 11 is 0. The van der Waals surface area contributed by atoms with Gasteiger partial charge < -0.3 is 5.32 Å². The van der Waals surface area contributed by atoms with Gasteiger partial charge in [-0.05, 0) is 32.6 Å². The van der Waals surface area contributed by atoms with E-state index in [-0.39, 0.29) is 0 Å². The zero-order valence-electron chi connectivity index (χ0n) is 5.41. The Bertz CT molecular complexity index is 105. The van der Waals surface area contributed by atoms with Gasteiger partial charge in [-0.3, -0.25) is 0 Å². The van der Waals surface area contributed by atoms with Crippen molar-refractivity contribution in [2.24, 2.45) is 0 Å². The van der Waals surface area contributed by atoms with Gasteiger partial charge in [0.05, 0.1) is 0 Å². The molecule has 1 nitrogen and oxygen atoms in total. The highest BCUT2D eigenvalue weighted by Gasteiger charge is 2.46. The summed E-state index contributed by atoms with van der Waals surface area (Å²) in [6.07, 6.45) is 5.73. The first-order valence-corrected chi connectivity index (χ1v) is 3.58. The molecule has 2 rings (SSSR count). The lowest BCUT2D eigenvalue weighted by Crippen LogP contribution is -2.28. The minimum absolute atomic E-state index is 0.666. The summed E-state index contributed by atoms with van der Waals surface area (Å²) in [5.74, 6) is 0. The Morgan fingerprint density at radius 1 is 1.38 bits per heavy atom. The summed E-state index contributed by atoms with van der Waals surface area (Å²) in [7, 11) is 0. The van der Waals surface area contributed by atoms with E-state index in [2.05, 4.69) is 12.2 Å². The Balaban J connectivity index is 2.03. The summed E-state index contributed by atoms with van der Waals surface area (Å²) in [6, 6.07) is 0.803. The van der Waals surface area contributed by atoms with Crippen molar-refractivity contribution in [3.63, 3.8) is 0 Å². The van der Waals surface area contributed by atoms with E-state index < -0.39 is 0 Å². The number of hydrogen-bond acceptors (Lipinski definition) is 1. The van der Waals surface area contributed by atoms with Gasteiger partial charge in [0.2, 0.25) is 0 Å². The van der Waals surface area contributed by atoms with E-state index >= 15 is 0 Å². The molecule has 8 heavy (non-hydrogen) atoms. The molecule has 1 saturated heterocycles. The van der Waals surface area contributed by atoms with Crippen molar-refractivity contribution in [3.05, 3.63) is 0 Å². The third-order valence-corrected chi connectivity index (χ3v) is 2.46. The van der Waals surface area contributed by atoms with Crippen LogP contribution < -0.4 is 5.32 Å². The Morgan fingerprint density at radius 2 is 2.12 bits per heavy atom. The second-order valence-electron chi connectivity index (χ2n) is 3.36. The smallest absolute Gasteiger partial charge is 0.0186 e. The van der Waals surface area contributed by atoms with E-state index in [9.17, 15) is 0 Å². The average molecular weight is 111 g/mol. The van der Waals surface area contributed by atoms with Gasteiger partial charge in [0.15, 0.2) is 0 Å². The molecular weight excluding hydrogens is 98.1 g/mol. The predicted molar refractivity (Wildman–Crippen MR) is 33.8 cm³/mol. The molecule has 1 aliphatic carbocycles. The van der Waals surface area contributed by atoms with E-state index in [1.807, 2.05) is 0 Å². The molecule has 1 aliphatic heterocycles. The summed E-state index contributed by atoms with van der Waals surface area (Å²) in [4.78, 5) is 0. The molecular formula is C7H13N. The first-order chi connectivity index (χ1) is 3.81. The van der Waals surface area contributed by atoms with E-state index in [0.29, 0.717) is 5.54 Å². The Hall–Kier alpha value is -0.0400. The average Bonchev–Trinajstić information content (AvgIpc) is 2.34. The zero-order chi connectivity index (χ0) is 5.61. The SMILES string of the molecule is C[C@H]1CCC2(CC2)N1. The first-order valence-electron chi connectivity index (χ1n) is 3.58. The number of rotatable bonds is 0. The molecule has 1 heterocycles. The van der Waals surface area contributed by atoms with Gasteiger partial charge in [0, 0.05) is 11.6 Å². The molecule has 0 radical (unpaired) electrons. The molecule has 0 aromatic carbocycles. The second-order valence-corrected chi connectivity index (χ2v) is 3.36. The van der Waals surface area contributed by atoms with Crippen molar-refractivity contribution in [3.8, 4) is 0 Å². The lowest BCUT2D eigenvalue weighted by atomic mass is 10.2. The molecule has 1 atom stereocenters. The van der Waals surface area contributed by atoms with E-state index in [4.69, 9.17) is 0 Å². The highest BCUT2D eigenvalue weighted by Crippen LogP contribution is 2.44. The van der Waals surface area contributed by atoms with Crippen molar-refractivity contribution < 1.29 is 0 Å². The fourth-order valence-corrected chi connectivity index (χ4v) is 1.71. The van der Waals surface area contributed by atoms with Crippen LogP contribution in [-0.4, -0.2) is 11.6 Å². The summed E-state index contributed by atoms with van der Waals surface area (Å²) in [5, 5.41) is 3.60. The molecule has 0 amide bonds. The highest BCUT2D eigenvalue weighted by molar-refractivity contribution is 5.07. The largest absolute Gasteiger partial charge is 0.309 e. The van der Waals surface area contributed by atoms with Crippen LogP contribution in [0.1, 0.15) is 32.6 Å². The molecule has 2 aliphatic rings. The van der Waals surface area contributed by atoms with Crippen LogP contribution in [0.2, 0.25) is 0 Å². The third-order valence-electron chi connectivity index (χ3n) is 2.46. The van der Waals surface area contributed by atoms with Crippen molar-refractivity contribution in [1.29, 1.82) is 0 Å². The van der Waals surface area contributed by atoms with Gasteiger partial charge in [-0.25, -0.2) is 0 Å². The summed E-state index contributed by atoms with van der Waals surface area (Å²) in [6.45, 7) is 2.28. The zero-order valence-corrected chi connectivity index (χ0v) is 5.41. The van der Waals surface area contributed by atoms with Gasteiger partial charge >= 0.3 is 0 Å². The second kappa shape index (κ2) is 1.27. The molecule has 0 aromatic heterocycles. The van der Waals surface area contributed by atoms with Crippen LogP contribution >= 0.6 is 0 Å². The van der Waals surface area contributed by atoms with Crippen molar-refractivity contribution in [2.45, 2.75) is 44.2 Å². The summed E-state index contributed by atoms with van der Waals surface area (Å²) < 4.78 is 0. The standard InChI is InChI=1S/C7H13N/c1-6-2-3-7(8-6)4-5-7/h6,8H,2-5H2,1H3/t6-/m0/s1. The Morgan fingerprint density at radius 3 is 2.38 bits per heavy atom. The van der Waals surface area contributed by atoms with Crippen molar-refractivity contribution >= 4 is 0 Å². The van der Waals surface area contributed by atoms with Gasteiger partial charge in [0.1, 0.15) is 0 Å². The number of nitrogens with one attached hydrogen (secondary N) is 1. The number of hydrogen-bond donors (Lipinski definition) is 1. The molecule has 0 unspecified atom stereocenters. The lowest BCUT2D eigenvalue weighted by Gasteiger charge is -2.05. The van der Waals surface area contributed by atoms with Gasteiger partial charge in [-0.2, -0.15) is 0 Å². The van der Waals surface area contributed by atoms with Crippen LogP contribution in [0.3, 0.4) is 0 Å². The van der Waals surface area contributed by atoms with E-state index in [1.54, 1.807) is 0 Å². The maximum absolute atomic E-state index is 3.60. The maximum atomic E-state index is 3.60. The van der Waals surface area contributed by atoms with Crippen LogP contribution in [0.15, 0.2) is 0 Å². The molecule has 46 valence electrons. The molecule has 1 spiro atoms. The van der Waals surface area contributed by atoms with Crippen LogP contribution in [0, 0.1) is 0 Å². The minimum Gasteiger partial charge on any atom is -0.309 e. The van der Waals surface area contributed by atoms with Crippen molar-refractivity contribution in [2.75, 3.05) is 0 Å². The van der Waals surface area contributed by atoms with Gasteiger partial charge in [0.25, 0.3) is 0 Å².